The minimum absolute atomic E-state index is 0.00639. The van der Waals surface area contributed by atoms with Crippen LogP contribution in [0.15, 0.2) is 35.5 Å². The molecule has 0 fully saturated rings. The molecular formula is C12H15ClN4O2S. The first kappa shape index (κ1) is 14.8. The second-order valence-electron chi connectivity index (χ2n) is 4.24. The number of imidazole rings is 1. The van der Waals surface area contributed by atoms with Crippen LogP contribution >= 0.6 is 11.6 Å². The Morgan fingerprint density at radius 3 is 2.80 bits per heavy atom. The van der Waals surface area contributed by atoms with Crippen LogP contribution in [0, 0.1) is 0 Å². The van der Waals surface area contributed by atoms with E-state index in [1.165, 1.54) is 18.2 Å². The molecule has 0 saturated carbocycles. The highest BCUT2D eigenvalue weighted by atomic mass is 35.5. The molecule has 1 aromatic heterocycles. The largest absolute Gasteiger partial charge is 0.398 e. The molecule has 1 atom stereocenters. The topological polar surface area (TPSA) is 101 Å². The lowest BCUT2D eigenvalue weighted by Crippen LogP contribution is -2.29. The molecule has 2 rings (SSSR count). The van der Waals surface area contributed by atoms with Crippen molar-refractivity contribution in [1.82, 2.24) is 14.7 Å². The predicted molar refractivity (Wildman–Crippen MR) is 77.8 cm³/mol. The Morgan fingerprint density at radius 1 is 1.50 bits per heavy atom. The number of aromatic amines is 1. The van der Waals surface area contributed by atoms with Crippen molar-refractivity contribution in [2.75, 3.05) is 5.73 Å². The number of hydrogen-bond donors (Lipinski definition) is 3. The van der Waals surface area contributed by atoms with Gasteiger partial charge >= 0.3 is 0 Å². The summed E-state index contributed by atoms with van der Waals surface area (Å²) in [5, 5.41) is 0.388. The maximum absolute atomic E-state index is 12.4. The molecule has 0 amide bonds. The highest BCUT2D eigenvalue weighted by molar-refractivity contribution is 7.89. The Labute approximate surface area is 122 Å². The number of benzene rings is 1. The van der Waals surface area contributed by atoms with Crippen LogP contribution in [-0.2, 0) is 10.0 Å². The molecule has 20 heavy (non-hydrogen) atoms. The van der Waals surface area contributed by atoms with Gasteiger partial charge in [-0.3, -0.25) is 0 Å². The molecule has 0 aliphatic carbocycles. The SMILES string of the molecule is CCC(NS(=O)(=O)c1ccc(Cl)cc1N)c1ncc[nH]1. The summed E-state index contributed by atoms with van der Waals surface area (Å²) in [6.45, 7) is 1.86. The molecule has 1 heterocycles. The maximum Gasteiger partial charge on any atom is 0.243 e. The Balaban J connectivity index is 2.31. The minimum atomic E-state index is -3.74. The zero-order valence-corrected chi connectivity index (χ0v) is 12.4. The van der Waals surface area contributed by atoms with Crippen LogP contribution in [0.2, 0.25) is 5.02 Å². The molecule has 1 unspecified atom stereocenters. The van der Waals surface area contributed by atoms with Gasteiger partial charge in [0.15, 0.2) is 0 Å². The van der Waals surface area contributed by atoms with Gasteiger partial charge in [-0.05, 0) is 24.6 Å². The molecule has 1 aromatic carbocycles. The number of rotatable bonds is 5. The number of nitrogen functional groups attached to an aromatic ring is 1. The van der Waals surface area contributed by atoms with Crippen LogP contribution in [0.5, 0.6) is 0 Å². The van der Waals surface area contributed by atoms with E-state index in [0.29, 0.717) is 17.3 Å². The quantitative estimate of drug-likeness (QED) is 0.735. The molecule has 0 aliphatic rings. The summed E-state index contributed by atoms with van der Waals surface area (Å²) < 4.78 is 27.3. The van der Waals surface area contributed by atoms with Gasteiger partial charge in [0.1, 0.15) is 10.7 Å². The fourth-order valence-electron chi connectivity index (χ4n) is 1.82. The van der Waals surface area contributed by atoms with Gasteiger partial charge in [-0.1, -0.05) is 18.5 Å². The van der Waals surface area contributed by atoms with E-state index in [0.717, 1.165) is 0 Å². The van der Waals surface area contributed by atoms with Crippen molar-refractivity contribution >= 4 is 27.3 Å². The molecule has 0 spiro atoms. The van der Waals surface area contributed by atoms with Crippen LogP contribution in [-0.4, -0.2) is 18.4 Å². The van der Waals surface area contributed by atoms with Crippen molar-refractivity contribution < 1.29 is 8.42 Å². The van der Waals surface area contributed by atoms with Gasteiger partial charge in [-0.2, -0.15) is 0 Å². The lowest BCUT2D eigenvalue weighted by atomic mass is 10.2. The van der Waals surface area contributed by atoms with Gasteiger partial charge in [0.05, 0.1) is 11.7 Å². The third-order valence-electron chi connectivity index (χ3n) is 2.82. The van der Waals surface area contributed by atoms with Crippen LogP contribution in [0.1, 0.15) is 25.2 Å². The molecule has 0 saturated heterocycles. The Hall–Kier alpha value is -1.57. The van der Waals surface area contributed by atoms with Crippen molar-refractivity contribution in [1.29, 1.82) is 0 Å². The van der Waals surface area contributed by atoms with Crippen LogP contribution in [0.25, 0.3) is 0 Å². The van der Waals surface area contributed by atoms with Crippen LogP contribution < -0.4 is 10.5 Å². The molecule has 0 aliphatic heterocycles. The number of halogens is 1. The number of H-pyrrole nitrogens is 1. The number of hydrogen-bond acceptors (Lipinski definition) is 4. The minimum Gasteiger partial charge on any atom is -0.398 e. The smallest absolute Gasteiger partial charge is 0.243 e. The summed E-state index contributed by atoms with van der Waals surface area (Å²) in [4.78, 5) is 6.97. The molecule has 6 nitrogen and oxygen atoms in total. The summed E-state index contributed by atoms with van der Waals surface area (Å²) in [5.41, 5.74) is 5.83. The van der Waals surface area contributed by atoms with Crippen molar-refractivity contribution in [3.63, 3.8) is 0 Å². The summed E-state index contributed by atoms with van der Waals surface area (Å²) in [6.07, 6.45) is 3.77. The fraction of sp³-hybridized carbons (Fsp3) is 0.250. The fourth-order valence-corrected chi connectivity index (χ4v) is 3.39. The normalized spacial score (nSPS) is 13.3. The number of nitrogens with one attached hydrogen (secondary N) is 2. The molecule has 4 N–H and O–H groups in total. The number of aromatic nitrogens is 2. The van der Waals surface area contributed by atoms with Gasteiger partial charge in [0, 0.05) is 17.4 Å². The summed E-state index contributed by atoms with van der Waals surface area (Å²) >= 11 is 5.77. The highest BCUT2D eigenvalue weighted by Gasteiger charge is 2.23. The Morgan fingerprint density at radius 2 is 2.25 bits per heavy atom. The van der Waals surface area contributed by atoms with Gasteiger partial charge in [0.2, 0.25) is 10.0 Å². The van der Waals surface area contributed by atoms with Gasteiger partial charge < -0.3 is 10.7 Å². The first-order valence-corrected chi connectivity index (χ1v) is 7.86. The number of nitrogens with zero attached hydrogens (tertiary/aromatic N) is 1. The molecule has 8 heteroatoms. The molecular weight excluding hydrogens is 300 g/mol. The van der Waals surface area contributed by atoms with E-state index in [4.69, 9.17) is 17.3 Å². The number of sulfonamides is 1. The molecule has 108 valence electrons. The molecule has 2 aromatic rings. The third kappa shape index (κ3) is 3.12. The predicted octanol–water partition coefficient (Wildman–Crippen LogP) is 2.07. The van der Waals surface area contributed by atoms with E-state index < -0.39 is 16.1 Å². The Bertz CT molecular complexity index is 685. The van der Waals surface area contributed by atoms with E-state index in [9.17, 15) is 8.42 Å². The third-order valence-corrected chi connectivity index (χ3v) is 4.60. The van der Waals surface area contributed by atoms with Gasteiger partial charge in [-0.15, -0.1) is 0 Å². The van der Waals surface area contributed by atoms with E-state index in [1.54, 1.807) is 12.4 Å². The highest BCUT2D eigenvalue weighted by Crippen LogP contribution is 2.24. The lowest BCUT2D eigenvalue weighted by Gasteiger charge is -2.16. The van der Waals surface area contributed by atoms with E-state index >= 15 is 0 Å². The van der Waals surface area contributed by atoms with Gasteiger partial charge in [0.25, 0.3) is 0 Å². The van der Waals surface area contributed by atoms with Crippen LogP contribution in [0.4, 0.5) is 5.69 Å². The maximum atomic E-state index is 12.4. The number of anilines is 1. The van der Waals surface area contributed by atoms with Crippen molar-refractivity contribution in [2.45, 2.75) is 24.3 Å². The van der Waals surface area contributed by atoms with Gasteiger partial charge in [-0.25, -0.2) is 18.1 Å². The van der Waals surface area contributed by atoms with Crippen molar-refractivity contribution in [3.05, 3.63) is 41.4 Å². The standard InChI is InChI=1S/C12H15ClN4O2S/c1-2-10(12-15-5-6-16-12)17-20(18,19)11-4-3-8(13)7-9(11)14/h3-7,10,17H,2,14H2,1H3,(H,15,16). The zero-order valence-electron chi connectivity index (χ0n) is 10.8. The zero-order chi connectivity index (χ0) is 14.8. The van der Waals surface area contributed by atoms with E-state index in [-0.39, 0.29) is 10.6 Å². The Kier molecular flexibility index (Phi) is 4.32. The van der Waals surface area contributed by atoms with Crippen molar-refractivity contribution in [2.24, 2.45) is 0 Å². The average Bonchev–Trinajstić information content (AvgIpc) is 2.89. The first-order valence-electron chi connectivity index (χ1n) is 6.00. The molecule has 0 bridgehead atoms. The summed E-state index contributed by atoms with van der Waals surface area (Å²) in [6, 6.07) is 3.84. The average molecular weight is 315 g/mol. The number of nitrogens with two attached hydrogens (primary N) is 1. The van der Waals surface area contributed by atoms with Crippen LogP contribution in [0.3, 0.4) is 0 Å². The van der Waals surface area contributed by atoms with Crippen molar-refractivity contribution in [3.8, 4) is 0 Å². The summed E-state index contributed by atoms with van der Waals surface area (Å²) in [5.74, 6) is 0.559. The lowest BCUT2D eigenvalue weighted by molar-refractivity contribution is 0.539. The monoisotopic (exact) mass is 314 g/mol. The summed E-state index contributed by atoms with van der Waals surface area (Å²) in [7, 11) is -3.74. The second-order valence-corrected chi connectivity index (χ2v) is 6.36. The first-order chi connectivity index (χ1) is 9.44. The van der Waals surface area contributed by atoms with E-state index in [1.807, 2.05) is 6.92 Å². The molecule has 0 radical (unpaired) electrons. The van der Waals surface area contributed by atoms with E-state index in [2.05, 4.69) is 14.7 Å². The second kappa shape index (κ2) is 5.82.